The summed E-state index contributed by atoms with van der Waals surface area (Å²) < 4.78 is 0. The largest absolute Gasteiger partial charge is 0.473 e. The number of hydrogen-bond donors (Lipinski definition) is 6. The number of fused-ring (bicyclic) bond motifs is 1. The van der Waals surface area contributed by atoms with Gasteiger partial charge in [-0.25, -0.2) is 9.59 Å². The highest BCUT2D eigenvalue weighted by Crippen LogP contribution is 2.60. The Kier molecular flexibility index (Phi) is 7.07. The van der Waals surface area contributed by atoms with Crippen molar-refractivity contribution < 1.29 is 24.9 Å². The molecular formula is C20H30N4O5. The summed E-state index contributed by atoms with van der Waals surface area (Å²) in [5.74, 6) is -2.74. The summed E-state index contributed by atoms with van der Waals surface area (Å²) in [4.78, 5) is 18.2. The lowest BCUT2D eigenvalue weighted by Gasteiger charge is -2.49. The van der Waals surface area contributed by atoms with Crippen molar-refractivity contribution in [2.45, 2.75) is 50.5 Å². The van der Waals surface area contributed by atoms with E-state index >= 15 is 0 Å². The molecule has 0 spiro atoms. The van der Waals surface area contributed by atoms with Crippen LogP contribution in [0.1, 0.15) is 50.5 Å². The van der Waals surface area contributed by atoms with Crippen LogP contribution in [0.5, 0.6) is 0 Å². The minimum atomic E-state index is -1.82. The number of carbonyl (C=O) groups is 2. The predicted molar refractivity (Wildman–Crippen MR) is 108 cm³/mol. The smallest absolute Gasteiger partial charge is 0.414 e. The van der Waals surface area contributed by atoms with E-state index in [9.17, 15) is 5.11 Å². The Labute approximate surface area is 169 Å². The molecule has 0 unspecified atom stereocenters. The van der Waals surface area contributed by atoms with Crippen molar-refractivity contribution in [3.63, 3.8) is 0 Å². The Hall–Kier alpha value is -2.81. The molecule has 2 fully saturated rings. The zero-order chi connectivity index (χ0) is 21.7. The molecule has 160 valence electrons. The van der Waals surface area contributed by atoms with Crippen LogP contribution < -0.4 is 16.9 Å². The van der Waals surface area contributed by atoms with Gasteiger partial charge in [0.2, 0.25) is 5.96 Å². The van der Waals surface area contributed by atoms with Crippen LogP contribution in [0.15, 0.2) is 35.4 Å². The van der Waals surface area contributed by atoms with Crippen molar-refractivity contribution in [2.75, 3.05) is 6.54 Å². The maximum Gasteiger partial charge on any atom is 0.414 e. The maximum atomic E-state index is 11.4. The lowest BCUT2D eigenvalue weighted by molar-refractivity contribution is -0.159. The number of hydrazone groups is 1. The van der Waals surface area contributed by atoms with Crippen molar-refractivity contribution in [2.24, 2.45) is 27.9 Å². The highest BCUT2D eigenvalue weighted by molar-refractivity contribution is 6.27. The van der Waals surface area contributed by atoms with Gasteiger partial charge < -0.3 is 32.2 Å². The average Bonchev–Trinajstić information content (AvgIpc) is 2.93. The second-order valence-electron chi connectivity index (χ2n) is 8.04. The van der Waals surface area contributed by atoms with Crippen molar-refractivity contribution in [1.82, 2.24) is 5.43 Å². The molecule has 9 nitrogen and oxygen atoms in total. The first kappa shape index (κ1) is 22.5. The molecule has 0 aliphatic heterocycles. The van der Waals surface area contributed by atoms with Gasteiger partial charge in [-0.05, 0) is 49.5 Å². The van der Waals surface area contributed by atoms with Gasteiger partial charge in [-0.15, -0.1) is 5.10 Å². The highest BCUT2D eigenvalue weighted by atomic mass is 16.4. The molecule has 0 radical (unpaired) electrons. The predicted octanol–water partition coefficient (Wildman–Crippen LogP) is 1.04. The van der Waals surface area contributed by atoms with Crippen LogP contribution in [-0.4, -0.2) is 45.4 Å². The van der Waals surface area contributed by atoms with E-state index in [4.69, 9.17) is 31.3 Å². The van der Waals surface area contributed by atoms with Gasteiger partial charge in [0.05, 0.1) is 5.60 Å². The zero-order valence-electron chi connectivity index (χ0n) is 16.5. The minimum Gasteiger partial charge on any atom is -0.473 e. The van der Waals surface area contributed by atoms with E-state index in [2.05, 4.69) is 41.7 Å². The second kappa shape index (κ2) is 9.13. The van der Waals surface area contributed by atoms with Gasteiger partial charge in [-0.3, -0.25) is 0 Å². The van der Waals surface area contributed by atoms with E-state index in [1.165, 1.54) is 5.56 Å². The second-order valence-corrected chi connectivity index (χ2v) is 8.04. The Balaban J connectivity index is 0.000000438. The number of carboxylic acids is 2. The third-order valence-corrected chi connectivity index (χ3v) is 6.47. The molecule has 1 aromatic carbocycles. The fourth-order valence-corrected chi connectivity index (χ4v) is 4.74. The number of nitrogens with zero attached hydrogens (tertiary/aromatic N) is 1. The monoisotopic (exact) mass is 406 g/mol. The lowest BCUT2D eigenvalue weighted by Crippen LogP contribution is -2.50. The number of nitrogens with one attached hydrogen (secondary N) is 1. The number of aliphatic hydroxyl groups is 1. The maximum absolute atomic E-state index is 11.4. The molecular weight excluding hydrogens is 376 g/mol. The molecule has 8 N–H and O–H groups in total. The molecule has 0 amide bonds. The molecule has 9 heteroatoms. The van der Waals surface area contributed by atoms with E-state index < -0.39 is 17.5 Å². The van der Waals surface area contributed by atoms with E-state index in [1.807, 2.05) is 6.07 Å². The van der Waals surface area contributed by atoms with Gasteiger partial charge in [0, 0.05) is 12.0 Å². The van der Waals surface area contributed by atoms with Gasteiger partial charge in [0.15, 0.2) is 0 Å². The summed E-state index contributed by atoms with van der Waals surface area (Å²) in [6.45, 7) is 2.95. The number of carboxylic acid groups (broad SMARTS) is 2. The fourth-order valence-electron chi connectivity index (χ4n) is 4.74. The van der Waals surface area contributed by atoms with E-state index in [0.29, 0.717) is 18.4 Å². The summed E-state index contributed by atoms with van der Waals surface area (Å²) in [7, 11) is 0. The molecule has 0 saturated heterocycles. The van der Waals surface area contributed by atoms with Crippen LogP contribution in [0.25, 0.3) is 0 Å². The van der Waals surface area contributed by atoms with Crippen molar-refractivity contribution in [3.8, 4) is 0 Å². The topological polar surface area (TPSA) is 171 Å². The first-order valence-corrected chi connectivity index (χ1v) is 9.64. The summed E-state index contributed by atoms with van der Waals surface area (Å²) in [6, 6.07) is 10.6. The Morgan fingerprint density at radius 2 is 1.76 bits per heavy atom. The fraction of sp³-hybridized carbons (Fsp3) is 0.550. The number of hydrogen-bond acceptors (Lipinski definition) is 5. The number of nitrogens with two attached hydrogens (primary N) is 2. The van der Waals surface area contributed by atoms with Gasteiger partial charge in [0.25, 0.3) is 0 Å². The van der Waals surface area contributed by atoms with Crippen LogP contribution >= 0.6 is 0 Å². The molecule has 1 aromatic rings. The summed E-state index contributed by atoms with van der Waals surface area (Å²) in [5.41, 5.74) is 14.4. The number of benzene rings is 1. The van der Waals surface area contributed by atoms with Crippen molar-refractivity contribution >= 4 is 17.9 Å². The van der Waals surface area contributed by atoms with Crippen LogP contribution in [-0.2, 0) is 9.59 Å². The van der Waals surface area contributed by atoms with Gasteiger partial charge in [-0.2, -0.15) is 0 Å². The zero-order valence-corrected chi connectivity index (χ0v) is 16.5. The molecule has 4 atom stereocenters. The molecule has 3 rings (SSSR count). The number of aliphatic carboxylic acids is 2. The van der Waals surface area contributed by atoms with Crippen LogP contribution in [0, 0.1) is 11.3 Å². The first-order valence-electron chi connectivity index (χ1n) is 9.64. The summed E-state index contributed by atoms with van der Waals surface area (Å²) in [5, 5.41) is 30.0. The Morgan fingerprint density at radius 3 is 2.31 bits per heavy atom. The van der Waals surface area contributed by atoms with Crippen molar-refractivity contribution in [3.05, 3.63) is 35.9 Å². The number of guanidine groups is 1. The van der Waals surface area contributed by atoms with E-state index in [-0.39, 0.29) is 11.4 Å². The molecule has 0 heterocycles. The minimum absolute atomic E-state index is 0.0520. The molecule has 0 bridgehead atoms. The standard InChI is InChI=1S/C18H28N4O.C2H2O4/c1-17-9-7-14(13-5-3-2-4-6-13)11-18(17,23)10-8-15(17)12-21-22-16(19)20;3-1(4)2(5)6/h2-6,14-15,21,23H,7-12H2,1H3,(H4,19,20,22);(H,3,4)(H,5,6)/t14-,15+,17+,18-;/m0./s1. The van der Waals surface area contributed by atoms with Gasteiger partial charge in [0.1, 0.15) is 0 Å². The van der Waals surface area contributed by atoms with Crippen LogP contribution in [0.4, 0.5) is 0 Å². The molecule has 2 aliphatic carbocycles. The summed E-state index contributed by atoms with van der Waals surface area (Å²) >= 11 is 0. The third kappa shape index (κ3) is 5.17. The Bertz CT molecular complexity index is 740. The highest BCUT2D eigenvalue weighted by Gasteiger charge is 2.58. The van der Waals surface area contributed by atoms with E-state index in [1.54, 1.807) is 0 Å². The van der Waals surface area contributed by atoms with Crippen LogP contribution in [0.2, 0.25) is 0 Å². The molecule has 2 saturated carbocycles. The SMILES string of the molecule is C[C@]12CC[C@H](c3ccccc3)C[C@@]1(O)CC[C@@H]2CNN=C(N)N.O=C(O)C(=O)O. The van der Waals surface area contributed by atoms with E-state index in [0.717, 1.165) is 32.1 Å². The summed E-state index contributed by atoms with van der Waals surface area (Å²) in [6.07, 6.45) is 4.90. The number of rotatable bonds is 4. The third-order valence-electron chi connectivity index (χ3n) is 6.47. The normalized spacial score (nSPS) is 30.3. The van der Waals surface area contributed by atoms with Crippen LogP contribution in [0.3, 0.4) is 0 Å². The van der Waals surface area contributed by atoms with Gasteiger partial charge >= 0.3 is 11.9 Å². The molecule has 0 aromatic heterocycles. The Morgan fingerprint density at radius 1 is 1.14 bits per heavy atom. The lowest BCUT2D eigenvalue weighted by atomic mass is 9.59. The van der Waals surface area contributed by atoms with Crippen molar-refractivity contribution in [1.29, 1.82) is 0 Å². The molecule has 29 heavy (non-hydrogen) atoms. The average molecular weight is 406 g/mol. The van der Waals surface area contributed by atoms with Gasteiger partial charge in [-0.1, -0.05) is 37.3 Å². The quantitative estimate of drug-likeness (QED) is 0.186. The first-order chi connectivity index (χ1) is 13.6. The molecule has 2 aliphatic rings.